The molecule has 17 atom stereocenters. The highest BCUT2D eigenvalue weighted by molar-refractivity contribution is 5.34. The van der Waals surface area contributed by atoms with Gasteiger partial charge in [-0.3, -0.25) is 4.90 Å². The van der Waals surface area contributed by atoms with E-state index in [0.717, 1.165) is 19.4 Å². The summed E-state index contributed by atoms with van der Waals surface area (Å²) in [4.78, 5) is 2.25. The third kappa shape index (κ3) is 2.59. The van der Waals surface area contributed by atoms with Gasteiger partial charge < -0.3 is 45.6 Å². The summed E-state index contributed by atoms with van der Waals surface area (Å²) < 4.78 is 6.42. The van der Waals surface area contributed by atoms with Crippen LogP contribution in [0.5, 0.6) is 0 Å². The van der Waals surface area contributed by atoms with Gasteiger partial charge in [0.05, 0.1) is 35.4 Å². The van der Waals surface area contributed by atoms with Crippen LogP contribution >= 0.6 is 0 Å². The average Bonchev–Trinajstić information content (AvgIpc) is 3.13. The molecule has 37 heavy (non-hydrogen) atoms. The summed E-state index contributed by atoms with van der Waals surface area (Å²) >= 11 is 0. The van der Waals surface area contributed by atoms with E-state index in [1.165, 1.54) is 0 Å². The van der Waals surface area contributed by atoms with Crippen molar-refractivity contribution in [2.24, 2.45) is 40.9 Å². The second-order valence-electron chi connectivity index (χ2n) is 14.4. The average molecular weight is 526 g/mol. The zero-order valence-electron chi connectivity index (χ0n) is 21.8. The number of hydrogen-bond acceptors (Lipinski definition) is 10. The Morgan fingerprint density at radius 3 is 2.22 bits per heavy atom. The molecule has 0 aromatic rings. The van der Waals surface area contributed by atoms with Crippen molar-refractivity contribution in [2.75, 3.05) is 13.1 Å². The number of hydrogen-bond donors (Lipinski definition) is 8. The minimum Gasteiger partial charge on any atom is -0.390 e. The van der Waals surface area contributed by atoms with E-state index in [9.17, 15) is 40.9 Å². The first-order valence-corrected chi connectivity index (χ1v) is 14.2. The van der Waals surface area contributed by atoms with Crippen molar-refractivity contribution >= 4 is 0 Å². The molecule has 10 heteroatoms. The molecule has 0 amide bonds. The first kappa shape index (κ1) is 25.6. The maximum atomic E-state index is 12.5. The van der Waals surface area contributed by atoms with E-state index in [0.29, 0.717) is 18.9 Å². The van der Waals surface area contributed by atoms with Gasteiger partial charge in [-0.25, -0.2) is 0 Å². The monoisotopic (exact) mass is 525 g/mol. The fraction of sp³-hybridized carbons (Fsp3) is 1.00. The lowest BCUT2D eigenvalue weighted by Crippen LogP contribution is -2.77. The summed E-state index contributed by atoms with van der Waals surface area (Å²) in [5, 5.41) is 92.8. The van der Waals surface area contributed by atoms with Crippen LogP contribution in [0.3, 0.4) is 0 Å². The van der Waals surface area contributed by atoms with Crippen molar-refractivity contribution < 1.29 is 45.6 Å². The molecule has 3 heterocycles. The van der Waals surface area contributed by atoms with Crippen molar-refractivity contribution in [3.63, 3.8) is 0 Å². The maximum Gasteiger partial charge on any atom is 0.198 e. The van der Waals surface area contributed by atoms with E-state index >= 15 is 0 Å². The van der Waals surface area contributed by atoms with Crippen molar-refractivity contribution in [3.8, 4) is 0 Å². The van der Waals surface area contributed by atoms with E-state index in [4.69, 9.17) is 4.74 Å². The van der Waals surface area contributed by atoms with Crippen LogP contribution in [0.4, 0.5) is 0 Å². The van der Waals surface area contributed by atoms with Gasteiger partial charge in [-0.2, -0.15) is 0 Å². The van der Waals surface area contributed by atoms with Crippen LogP contribution in [0, 0.1) is 40.9 Å². The lowest BCUT2D eigenvalue weighted by Gasteiger charge is -2.63. The summed E-state index contributed by atoms with van der Waals surface area (Å²) in [6.07, 6.45) is -4.91. The second kappa shape index (κ2) is 7.26. The number of nitrogens with zero attached hydrogens (tertiary/aromatic N) is 1. The van der Waals surface area contributed by atoms with E-state index in [2.05, 4.69) is 11.8 Å². The van der Waals surface area contributed by atoms with Gasteiger partial charge in [0.1, 0.15) is 17.8 Å². The van der Waals surface area contributed by atoms with Gasteiger partial charge in [0.25, 0.3) is 0 Å². The Balaban J connectivity index is 1.39. The molecule has 4 aliphatic carbocycles. The smallest absolute Gasteiger partial charge is 0.198 e. The molecule has 4 bridgehead atoms. The molecule has 10 nitrogen and oxygen atoms in total. The van der Waals surface area contributed by atoms with Crippen LogP contribution in [0.15, 0.2) is 0 Å². The molecule has 8 N–H and O–H groups in total. The van der Waals surface area contributed by atoms with Crippen molar-refractivity contribution in [2.45, 2.75) is 112 Å². The molecular weight excluding hydrogens is 482 g/mol. The molecule has 0 radical (unpaired) electrons. The lowest BCUT2D eigenvalue weighted by atomic mass is 9.48. The van der Waals surface area contributed by atoms with Crippen LogP contribution in [-0.2, 0) is 4.74 Å². The Morgan fingerprint density at radius 1 is 0.838 bits per heavy atom. The van der Waals surface area contributed by atoms with Gasteiger partial charge in [0.15, 0.2) is 5.79 Å². The van der Waals surface area contributed by atoms with E-state index < -0.39 is 88.1 Å². The van der Waals surface area contributed by atoms with E-state index in [1.807, 2.05) is 6.92 Å². The second-order valence-corrected chi connectivity index (χ2v) is 14.4. The number of ether oxygens (including phenoxy) is 1. The standard InChI is InChI=1S/C27H43NO9/c1-11-4-5-14-24(3,34)16-12(10-28(14)9-11)13-8-25-21(26(13,35)22(33)17(16)30)19(32)18(31)20-23(25,2)7-6-15(29)27(20,36)37-25/h11-22,29-36H,4-10H2,1-3H3/t11-,12-,13-,14-,15-,16+,17+,18?,19+,20-,21+,22-,23-,24+,25+,26-,27?/m0/s1. The molecule has 1 spiro atoms. The Hall–Kier alpha value is -0.400. The third-order valence-electron chi connectivity index (χ3n) is 12.9. The zero-order chi connectivity index (χ0) is 26.7. The molecule has 3 aliphatic heterocycles. The highest BCUT2D eigenvalue weighted by Gasteiger charge is 2.88. The Bertz CT molecular complexity index is 997. The quantitative estimate of drug-likeness (QED) is 0.179. The summed E-state index contributed by atoms with van der Waals surface area (Å²) in [6.45, 7) is 7.08. The minimum atomic E-state index is -2.10. The first-order valence-electron chi connectivity index (χ1n) is 14.2. The van der Waals surface area contributed by atoms with Gasteiger partial charge in [-0.05, 0) is 56.8 Å². The molecule has 0 aromatic carbocycles. The Morgan fingerprint density at radius 2 is 1.51 bits per heavy atom. The molecule has 0 aromatic heterocycles. The number of rotatable bonds is 0. The predicted octanol–water partition coefficient (Wildman–Crippen LogP) is -1.84. The first-order chi connectivity index (χ1) is 17.2. The van der Waals surface area contributed by atoms with E-state index in [1.54, 1.807) is 6.92 Å². The minimum absolute atomic E-state index is 0.174. The zero-order valence-corrected chi connectivity index (χ0v) is 21.8. The Labute approximate surface area is 216 Å². The van der Waals surface area contributed by atoms with E-state index in [-0.39, 0.29) is 18.9 Å². The van der Waals surface area contributed by atoms with Gasteiger partial charge >= 0.3 is 0 Å². The van der Waals surface area contributed by atoms with Gasteiger partial charge in [-0.1, -0.05) is 13.8 Å². The summed E-state index contributed by atoms with van der Waals surface area (Å²) in [6, 6.07) is -0.174. The summed E-state index contributed by atoms with van der Waals surface area (Å²) in [7, 11) is 0. The number of piperidine rings is 2. The SMILES string of the molecule is C[C@H]1CC[C@@H]2N(C1)C[C@@H]1[C@H]([C@@H](O)[C@H](O)[C@]3(O)[C@H]1C[C@@]14OC5(O)[C@@H](C(O)[C@@H](O)[C@@H]31)[C@]4(C)CC[C@@H]5O)[C@]2(C)O. The predicted molar refractivity (Wildman–Crippen MR) is 128 cm³/mol. The molecule has 7 aliphatic rings. The van der Waals surface area contributed by atoms with Crippen LogP contribution in [0.25, 0.3) is 0 Å². The van der Waals surface area contributed by atoms with Crippen LogP contribution in [-0.4, -0.2) is 118 Å². The number of fused-ring (bicyclic) bond motifs is 5. The number of aliphatic hydroxyl groups is 8. The summed E-state index contributed by atoms with van der Waals surface area (Å²) in [5.41, 5.74) is -5.58. The van der Waals surface area contributed by atoms with Crippen LogP contribution in [0.2, 0.25) is 0 Å². The highest BCUT2D eigenvalue weighted by atomic mass is 16.7. The molecule has 3 saturated heterocycles. The highest BCUT2D eigenvalue weighted by Crippen LogP contribution is 2.76. The molecule has 7 fully saturated rings. The van der Waals surface area contributed by atoms with Crippen molar-refractivity contribution in [1.29, 1.82) is 0 Å². The maximum absolute atomic E-state index is 12.5. The number of aliphatic hydroxyl groups excluding tert-OH is 5. The van der Waals surface area contributed by atoms with Gasteiger partial charge in [-0.15, -0.1) is 0 Å². The summed E-state index contributed by atoms with van der Waals surface area (Å²) in [5.74, 6) is -5.64. The molecule has 210 valence electrons. The molecule has 4 saturated carbocycles. The topological polar surface area (TPSA) is 174 Å². The molecular formula is C27H43NO9. The van der Waals surface area contributed by atoms with Crippen molar-refractivity contribution in [3.05, 3.63) is 0 Å². The van der Waals surface area contributed by atoms with Gasteiger partial charge in [0.2, 0.25) is 0 Å². The third-order valence-corrected chi connectivity index (χ3v) is 12.9. The lowest BCUT2D eigenvalue weighted by molar-refractivity contribution is -0.296. The normalized spacial score (nSPS) is 68.5. The van der Waals surface area contributed by atoms with Crippen LogP contribution in [0.1, 0.15) is 52.9 Å². The van der Waals surface area contributed by atoms with Crippen molar-refractivity contribution in [1.82, 2.24) is 4.90 Å². The van der Waals surface area contributed by atoms with Crippen LogP contribution < -0.4 is 0 Å². The largest absolute Gasteiger partial charge is 0.390 e. The fourth-order valence-corrected chi connectivity index (χ4v) is 11.4. The fourth-order valence-electron chi connectivity index (χ4n) is 11.4. The molecule has 2 unspecified atom stereocenters. The van der Waals surface area contributed by atoms with Gasteiger partial charge in [0, 0.05) is 36.4 Å². The molecule has 7 rings (SSSR count). The Kier molecular flexibility index (Phi) is 5.02.